The van der Waals surface area contributed by atoms with Gasteiger partial charge in [-0.3, -0.25) is 4.79 Å². The summed E-state index contributed by atoms with van der Waals surface area (Å²) in [5.74, 6) is 0.851. The minimum absolute atomic E-state index is 0.0856. The molecule has 1 aromatic carbocycles. The highest BCUT2D eigenvalue weighted by Crippen LogP contribution is 2.20. The third-order valence-electron chi connectivity index (χ3n) is 4.83. The molecule has 2 fully saturated rings. The van der Waals surface area contributed by atoms with Crippen LogP contribution in [0.25, 0.3) is 0 Å². The Hall–Kier alpha value is -3.09. The fourth-order valence-corrected chi connectivity index (χ4v) is 3.12. The van der Waals surface area contributed by atoms with Crippen molar-refractivity contribution in [3.63, 3.8) is 0 Å². The molecule has 1 saturated heterocycles. The normalized spacial score (nSPS) is 16.7. The fraction of sp³-hybridized carbons (Fsp3) is 0.350. The first kappa shape index (κ1) is 17.3. The van der Waals surface area contributed by atoms with Crippen molar-refractivity contribution in [2.45, 2.75) is 18.9 Å². The summed E-state index contributed by atoms with van der Waals surface area (Å²) >= 11 is 0. The average molecular weight is 365 g/mol. The van der Waals surface area contributed by atoms with Crippen molar-refractivity contribution in [1.82, 2.24) is 15.2 Å². The van der Waals surface area contributed by atoms with Crippen LogP contribution in [-0.4, -0.2) is 54.0 Å². The van der Waals surface area contributed by atoms with Crippen molar-refractivity contribution in [2.75, 3.05) is 36.4 Å². The molecule has 140 valence electrons. The van der Waals surface area contributed by atoms with E-state index in [2.05, 4.69) is 20.5 Å². The fourth-order valence-electron chi connectivity index (χ4n) is 3.12. The molecule has 2 heterocycles. The first-order valence-corrected chi connectivity index (χ1v) is 9.32. The molecule has 0 spiro atoms. The molecule has 1 aliphatic carbocycles. The number of hydrogen-bond acceptors (Lipinski definition) is 4. The molecule has 0 bridgehead atoms. The van der Waals surface area contributed by atoms with E-state index in [-0.39, 0.29) is 11.9 Å². The van der Waals surface area contributed by atoms with E-state index in [4.69, 9.17) is 0 Å². The number of carbonyl (C=O) groups is 2. The number of nitrogens with one attached hydrogen (secondary N) is 2. The Bertz CT molecular complexity index is 814. The number of amides is 3. The molecule has 3 amide bonds. The second-order valence-electron chi connectivity index (χ2n) is 6.92. The second-order valence-corrected chi connectivity index (χ2v) is 6.92. The SMILES string of the molecule is O=C(NC1CC1)c1cccc(NC(=O)N2CCN(c3ccccn3)CC2)c1. The van der Waals surface area contributed by atoms with Gasteiger partial charge in [0.15, 0.2) is 0 Å². The lowest BCUT2D eigenvalue weighted by Gasteiger charge is -2.35. The van der Waals surface area contributed by atoms with E-state index in [1.807, 2.05) is 18.2 Å². The Balaban J connectivity index is 1.32. The Kier molecular flexibility index (Phi) is 4.91. The molecule has 2 aliphatic rings. The minimum atomic E-state index is -0.143. The summed E-state index contributed by atoms with van der Waals surface area (Å²) in [5, 5.41) is 5.86. The van der Waals surface area contributed by atoms with Crippen LogP contribution in [0, 0.1) is 0 Å². The van der Waals surface area contributed by atoms with Gasteiger partial charge < -0.3 is 20.4 Å². The summed E-state index contributed by atoms with van der Waals surface area (Å²) < 4.78 is 0. The van der Waals surface area contributed by atoms with Crippen LogP contribution >= 0.6 is 0 Å². The van der Waals surface area contributed by atoms with Crippen molar-refractivity contribution in [3.8, 4) is 0 Å². The third kappa shape index (κ3) is 4.36. The van der Waals surface area contributed by atoms with Gasteiger partial charge in [-0.25, -0.2) is 9.78 Å². The molecule has 0 unspecified atom stereocenters. The lowest BCUT2D eigenvalue weighted by molar-refractivity contribution is 0.0951. The number of anilines is 2. The minimum Gasteiger partial charge on any atom is -0.353 e. The van der Waals surface area contributed by atoms with Crippen molar-refractivity contribution in [3.05, 3.63) is 54.2 Å². The molecule has 1 aliphatic heterocycles. The molecular weight excluding hydrogens is 342 g/mol. The summed E-state index contributed by atoms with van der Waals surface area (Å²) in [7, 11) is 0. The number of nitrogens with zero attached hydrogens (tertiary/aromatic N) is 3. The highest BCUT2D eigenvalue weighted by atomic mass is 16.2. The number of piperazine rings is 1. The summed E-state index contributed by atoms with van der Waals surface area (Å²) in [6.45, 7) is 2.75. The van der Waals surface area contributed by atoms with E-state index in [1.165, 1.54) is 0 Å². The smallest absolute Gasteiger partial charge is 0.321 e. The monoisotopic (exact) mass is 365 g/mol. The second kappa shape index (κ2) is 7.65. The number of pyridine rings is 1. The molecule has 2 aromatic rings. The number of rotatable bonds is 4. The predicted molar refractivity (Wildman–Crippen MR) is 104 cm³/mol. The van der Waals surface area contributed by atoms with Crippen LogP contribution in [0.3, 0.4) is 0 Å². The van der Waals surface area contributed by atoms with Crippen molar-refractivity contribution in [1.29, 1.82) is 0 Å². The van der Waals surface area contributed by atoms with Gasteiger partial charge in [0.2, 0.25) is 0 Å². The molecule has 7 heteroatoms. The van der Waals surface area contributed by atoms with Crippen LogP contribution in [0.15, 0.2) is 48.7 Å². The molecule has 0 atom stereocenters. The maximum atomic E-state index is 12.6. The summed E-state index contributed by atoms with van der Waals surface area (Å²) in [4.78, 5) is 33.0. The molecule has 1 aromatic heterocycles. The largest absolute Gasteiger partial charge is 0.353 e. The van der Waals surface area contributed by atoms with Crippen LogP contribution in [-0.2, 0) is 0 Å². The number of urea groups is 1. The Morgan fingerprint density at radius 1 is 1.00 bits per heavy atom. The van der Waals surface area contributed by atoms with Gasteiger partial charge in [-0.15, -0.1) is 0 Å². The van der Waals surface area contributed by atoms with Gasteiger partial charge in [0.1, 0.15) is 5.82 Å². The van der Waals surface area contributed by atoms with Gasteiger partial charge in [0.25, 0.3) is 5.91 Å². The quantitative estimate of drug-likeness (QED) is 0.872. The van der Waals surface area contributed by atoms with Crippen molar-refractivity contribution >= 4 is 23.4 Å². The first-order chi connectivity index (χ1) is 13.2. The molecular formula is C20H23N5O2. The van der Waals surface area contributed by atoms with Crippen molar-refractivity contribution < 1.29 is 9.59 Å². The van der Waals surface area contributed by atoms with Gasteiger partial charge in [0, 0.05) is 49.7 Å². The van der Waals surface area contributed by atoms with Gasteiger partial charge in [-0.2, -0.15) is 0 Å². The molecule has 27 heavy (non-hydrogen) atoms. The third-order valence-corrected chi connectivity index (χ3v) is 4.83. The summed E-state index contributed by atoms with van der Waals surface area (Å²) in [6.07, 6.45) is 3.88. The van der Waals surface area contributed by atoms with Crippen molar-refractivity contribution in [2.24, 2.45) is 0 Å². The van der Waals surface area contributed by atoms with E-state index >= 15 is 0 Å². The van der Waals surface area contributed by atoms with Gasteiger partial charge >= 0.3 is 6.03 Å². The number of carbonyl (C=O) groups excluding carboxylic acids is 2. The number of hydrogen-bond donors (Lipinski definition) is 2. The zero-order chi connectivity index (χ0) is 18.6. The Labute approximate surface area is 158 Å². The Morgan fingerprint density at radius 3 is 2.52 bits per heavy atom. The molecule has 1 saturated carbocycles. The lowest BCUT2D eigenvalue weighted by atomic mass is 10.2. The van der Waals surface area contributed by atoms with Gasteiger partial charge in [0.05, 0.1) is 0 Å². The van der Waals surface area contributed by atoms with Crippen LogP contribution in [0.2, 0.25) is 0 Å². The van der Waals surface area contributed by atoms with Gasteiger partial charge in [-0.1, -0.05) is 12.1 Å². The Morgan fingerprint density at radius 2 is 1.81 bits per heavy atom. The van der Waals surface area contributed by atoms with Crippen LogP contribution in [0.1, 0.15) is 23.2 Å². The van der Waals surface area contributed by atoms with E-state index in [0.29, 0.717) is 30.4 Å². The summed E-state index contributed by atoms with van der Waals surface area (Å²) in [6, 6.07) is 13.1. The van der Waals surface area contributed by atoms with Crippen LogP contribution in [0.4, 0.5) is 16.3 Å². The predicted octanol–water partition coefficient (Wildman–Crippen LogP) is 2.33. The maximum absolute atomic E-state index is 12.6. The molecule has 7 nitrogen and oxygen atoms in total. The standard InChI is InChI=1S/C20H23N5O2/c26-19(22-16-7-8-16)15-4-3-5-17(14-15)23-20(27)25-12-10-24(11-13-25)18-6-1-2-9-21-18/h1-6,9,14,16H,7-8,10-13H2,(H,22,26)(H,23,27). The highest BCUT2D eigenvalue weighted by molar-refractivity contribution is 5.97. The first-order valence-electron chi connectivity index (χ1n) is 9.32. The van der Waals surface area contributed by atoms with E-state index in [0.717, 1.165) is 31.7 Å². The number of aromatic nitrogens is 1. The zero-order valence-corrected chi connectivity index (χ0v) is 15.1. The molecule has 4 rings (SSSR count). The van der Waals surface area contributed by atoms with Crippen LogP contribution < -0.4 is 15.5 Å². The highest BCUT2D eigenvalue weighted by Gasteiger charge is 2.24. The van der Waals surface area contributed by atoms with E-state index < -0.39 is 0 Å². The maximum Gasteiger partial charge on any atom is 0.321 e. The average Bonchev–Trinajstić information content (AvgIpc) is 3.53. The lowest BCUT2D eigenvalue weighted by Crippen LogP contribution is -2.50. The topological polar surface area (TPSA) is 77.6 Å². The summed E-state index contributed by atoms with van der Waals surface area (Å²) in [5.41, 5.74) is 1.20. The van der Waals surface area contributed by atoms with E-state index in [9.17, 15) is 9.59 Å². The van der Waals surface area contributed by atoms with E-state index in [1.54, 1.807) is 35.4 Å². The number of benzene rings is 1. The molecule has 2 N–H and O–H groups in total. The zero-order valence-electron chi connectivity index (χ0n) is 15.1. The molecule has 0 radical (unpaired) electrons. The van der Waals surface area contributed by atoms with Crippen LogP contribution in [0.5, 0.6) is 0 Å². The van der Waals surface area contributed by atoms with Gasteiger partial charge in [-0.05, 0) is 43.2 Å².